The molecule has 0 aliphatic carbocycles. The molecular formula is C8H17ClSi. The van der Waals surface area contributed by atoms with E-state index in [4.69, 9.17) is 11.6 Å². The van der Waals surface area contributed by atoms with Crippen molar-refractivity contribution in [2.24, 2.45) is 0 Å². The predicted octanol–water partition coefficient (Wildman–Crippen LogP) is 3.35. The van der Waals surface area contributed by atoms with Crippen molar-refractivity contribution >= 4 is 21.1 Å². The lowest BCUT2D eigenvalue weighted by Gasteiger charge is -2.15. The molecule has 0 amide bonds. The molecule has 0 unspecified atom stereocenters. The van der Waals surface area contributed by atoms with E-state index >= 15 is 0 Å². The zero-order chi connectivity index (χ0) is 8.04. The Hall–Kier alpha value is 0.507. The molecule has 0 rings (SSSR count). The number of hydrogen-bond donors (Lipinski definition) is 0. The van der Waals surface area contributed by atoms with Crippen LogP contribution >= 0.6 is 11.6 Å². The Labute approximate surface area is 72.2 Å². The number of rotatable bonds is 4. The molecule has 0 heterocycles. The van der Waals surface area contributed by atoms with Crippen LogP contribution in [0.25, 0.3) is 0 Å². The highest BCUT2D eigenvalue weighted by atomic mass is 35.5. The molecule has 0 aliphatic rings. The molecule has 0 aromatic carbocycles. The fourth-order valence-corrected chi connectivity index (χ4v) is 2.05. The highest BCUT2D eigenvalue weighted by Gasteiger charge is 2.09. The fraction of sp³-hybridized carbons (Fsp3) is 1.00. The van der Waals surface area contributed by atoms with Crippen molar-refractivity contribution in [3.63, 3.8) is 0 Å². The summed E-state index contributed by atoms with van der Waals surface area (Å²) < 4.78 is 0. The van der Waals surface area contributed by atoms with E-state index in [2.05, 4.69) is 20.8 Å². The Balaban J connectivity index is 3.04. The van der Waals surface area contributed by atoms with Crippen LogP contribution in [0.4, 0.5) is 0 Å². The van der Waals surface area contributed by atoms with Gasteiger partial charge in [0.1, 0.15) is 0 Å². The minimum absolute atomic E-state index is 0.534. The van der Waals surface area contributed by atoms with Gasteiger partial charge in [0.05, 0.1) is 0 Å². The topological polar surface area (TPSA) is 0 Å². The van der Waals surface area contributed by atoms with E-state index < -0.39 is 0 Å². The van der Waals surface area contributed by atoms with Gasteiger partial charge in [0.15, 0.2) is 0 Å². The Morgan fingerprint density at radius 3 is 2.20 bits per heavy atom. The maximum Gasteiger partial charge on any atom is 0.0445 e. The van der Waals surface area contributed by atoms with E-state index in [1.165, 1.54) is 18.9 Å². The Morgan fingerprint density at radius 2 is 1.80 bits per heavy atom. The lowest BCUT2D eigenvalue weighted by molar-refractivity contribution is 0.739. The molecule has 2 heteroatoms. The van der Waals surface area contributed by atoms with Crippen molar-refractivity contribution in [2.75, 3.05) is 5.88 Å². The summed E-state index contributed by atoms with van der Waals surface area (Å²) in [6.07, 6.45) is 2.49. The van der Waals surface area contributed by atoms with Crippen molar-refractivity contribution in [1.29, 1.82) is 0 Å². The van der Waals surface area contributed by atoms with Gasteiger partial charge in [-0.15, -0.1) is 11.6 Å². The minimum atomic E-state index is 0.534. The molecule has 0 aromatic heterocycles. The lowest BCUT2D eigenvalue weighted by Crippen LogP contribution is -2.07. The average molecular weight is 177 g/mol. The third-order valence-corrected chi connectivity index (χ3v) is 3.15. The molecule has 0 saturated heterocycles. The van der Waals surface area contributed by atoms with Crippen molar-refractivity contribution in [1.82, 2.24) is 0 Å². The van der Waals surface area contributed by atoms with Gasteiger partial charge in [-0.3, -0.25) is 0 Å². The SMILES string of the molecule is CC(C)(C)[Si]CCCCCl. The molecule has 0 saturated carbocycles. The van der Waals surface area contributed by atoms with Gasteiger partial charge >= 0.3 is 0 Å². The van der Waals surface area contributed by atoms with E-state index in [-0.39, 0.29) is 0 Å². The van der Waals surface area contributed by atoms with Gasteiger partial charge in [0.2, 0.25) is 0 Å². The maximum atomic E-state index is 5.55. The number of unbranched alkanes of at least 4 members (excludes halogenated alkanes) is 1. The number of halogens is 1. The van der Waals surface area contributed by atoms with Crippen LogP contribution in [0.1, 0.15) is 33.6 Å². The zero-order valence-corrected chi connectivity index (χ0v) is 8.96. The van der Waals surface area contributed by atoms with Crippen LogP contribution < -0.4 is 0 Å². The molecular weight excluding hydrogens is 160 g/mol. The quantitative estimate of drug-likeness (QED) is 0.350. The van der Waals surface area contributed by atoms with Gasteiger partial charge in [-0.25, -0.2) is 0 Å². The first-order valence-electron chi connectivity index (χ1n) is 3.87. The van der Waals surface area contributed by atoms with Gasteiger partial charge < -0.3 is 0 Å². The lowest BCUT2D eigenvalue weighted by atomic mass is 10.2. The van der Waals surface area contributed by atoms with E-state index in [0.29, 0.717) is 5.04 Å². The second kappa shape index (κ2) is 5.20. The highest BCUT2D eigenvalue weighted by molar-refractivity contribution is 6.39. The summed E-state index contributed by atoms with van der Waals surface area (Å²) in [5.41, 5.74) is 0. The Morgan fingerprint density at radius 1 is 1.20 bits per heavy atom. The van der Waals surface area contributed by atoms with E-state index in [1.54, 1.807) is 0 Å². The molecule has 0 nitrogen and oxygen atoms in total. The minimum Gasteiger partial charge on any atom is -0.127 e. The van der Waals surface area contributed by atoms with Crippen molar-refractivity contribution in [3.8, 4) is 0 Å². The predicted molar refractivity (Wildman–Crippen MR) is 50.2 cm³/mol. The smallest absolute Gasteiger partial charge is 0.0445 e. The molecule has 0 aromatic rings. The number of hydrogen-bond acceptors (Lipinski definition) is 0. The van der Waals surface area contributed by atoms with Gasteiger partial charge in [-0.2, -0.15) is 0 Å². The van der Waals surface area contributed by atoms with Crippen molar-refractivity contribution < 1.29 is 0 Å². The number of alkyl halides is 1. The molecule has 0 spiro atoms. The van der Waals surface area contributed by atoms with Gasteiger partial charge in [-0.1, -0.05) is 33.2 Å². The molecule has 0 N–H and O–H groups in total. The first kappa shape index (κ1) is 10.5. The summed E-state index contributed by atoms with van der Waals surface area (Å²) in [5, 5.41) is 0.534. The Kier molecular flexibility index (Phi) is 5.46. The Bertz CT molecular complexity index is 75.8. The zero-order valence-electron chi connectivity index (χ0n) is 7.21. The molecule has 2 radical (unpaired) electrons. The van der Waals surface area contributed by atoms with Crippen molar-refractivity contribution in [2.45, 2.75) is 44.7 Å². The molecule has 0 atom stereocenters. The molecule has 60 valence electrons. The molecule has 10 heavy (non-hydrogen) atoms. The van der Waals surface area contributed by atoms with Crippen LogP contribution in [0.5, 0.6) is 0 Å². The first-order valence-corrected chi connectivity index (χ1v) is 5.61. The molecule has 0 bridgehead atoms. The summed E-state index contributed by atoms with van der Waals surface area (Å²) in [6.45, 7) is 6.89. The molecule has 0 fully saturated rings. The highest BCUT2D eigenvalue weighted by Crippen LogP contribution is 2.22. The van der Waals surface area contributed by atoms with Gasteiger partial charge in [0.25, 0.3) is 0 Å². The van der Waals surface area contributed by atoms with Crippen LogP contribution in [-0.2, 0) is 0 Å². The van der Waals surface area contributed by atoms with Crippen LogP contribution in [-0.4, -0.2) is 15.4 Å². The van der Waals surface area contributed by atoms with Crippen LogP contribution in [0.15, 0.2) is 0 Å². The largest absolute Gasteiger partial charge is 0.127 e. The summed E-state index contributed by atoms with van der Waals surface area (Å²) in [5.74, 6) is 0.828. The van der Waals surface area contributed by atoms with Crippen LogP contribution in [0, 0.1) is 0 Å². The molecule has 0 aliphatic heterocycles. The third kappa shape index (κ3) is 8.51. The summed E-state index contributed by atoms with van der Waals surface area (Å²) in [4.78, 5) is 0. The fourth-order valence-electron chi connectivity index (χ4n) is 0.683. The van der Waals surface area contributed by atoms with E-state index in [0.717, 1.165) is 15.4 Å². The summed E-state index contributed by atoms with van der Waals surface area (Å²) >= 11 is 5.55. The maximum absolute atomic E-state index is 5.55. The van der Waals surface area contributed by atoms with Crippen LogP contribution in [0.2, 0.25) is 11.1 Å². The second-order valence-corrected chi connectivity index (χ2v) is 6.30. The first-order chi connectivity index (χ1) is 4.56. The third-order valence-electron chi connectivity index (χ3n) is 1.22. The van der Waals surface area contributed by atoms with Crippen LogP contribution in [0.3, 0.4) is 0 Å². The second-order valence-electron chi connectivity index (χ2n) is 3.57. The normalized spacial score (nSPS) is 12.0. The van der Waals surface area contributed by atoms with Crippen molar-refractivity contribution in [3.05, 3.63) is 0 Å². The average Bonchev–Trinajstić information content (AvgIpc) is 1.78. The standard InChI is InChI=1S/C8H17ClSi/c1-8(2,3)10-7-5-4-6-9/h4-7H2,1-3H3. The monoisotopic (exact) mass is 176 g/mol. The summed E-state index contributed by atoms with van der Waals surface area (Å²) in [7, 11) is 1.09. The van der Waals surface area contributed by atoms with Gasteiger partial charge in [-0.05, 0) is 11.5 Å². The van der Waals surface area contributed by atoms with Gasteiger partial charge in [0, 0.05) is 15.4 Å². The summed E-state index contributed by atoms with van der Waals surface area (Å²) in [6, 6.07) is 1.36. The van der Waals surface area contributed by atoms with E-state index in [9.17, 15) is 0 Å². The van der Waals surface area contributed by atoms with E-state index in [1.807, 2.05) is 0 Å².